The van der Waals surface area contributed by atoms with E-state index in [0.29, 0.717) is 31.2 Å². The molecule has 6 nitrogen and oxygen atoms in total. The zero-order valence-electron chi connectivity index (χ0n) is 18.8. The Hall–Kier alpha value is -2.77. The smallest absolute Gasteiger partial charge is 0.289 e. The molecule has 1 aromatic heterocycles. The maximum absolute atomic E-state index is 12.9. The minimum absolute atomic E-state index is 0.0659. The van der Waals surface area contributed by atoms with Gasteiger partial charge in [0.2, 0.25) is 0 Å². The molecule has 1 aliphatic heterocycles. The van der Waals surface area contributed by atoms with Gasteiger partial charge < -0.3 is 14.2 Å². The molecule has 0 atom stereocenters. The standard InChI is InChI=1S/C25H27ClN2O4S/c1-18-4-3-5-20(14-18)16-33(30,31)17-22-8-9-24(32-22)25(29)28-12-10-27(11-13-28)23-15-21(26)7-6-19(23)2/h3-9,14-15H,10-13,16-17H2,1-2H3. The maximum Gasteiger partial charge on any atom is 0.289 e. The number of halogens is 1. The third-order valence-corrected chi connectivity index (χ3v) is 7.52. The van der Waals surface area contributed by atoms with E-state index in [2.05, 4.69) is 4.90 Å². The van der Waals surface area contributed by atoms with Crippen LogP contribution in [-0.4, -0.2) is 45.4 Å². The van der Waals surface area contributed by atoms with E-state index in [-0.39, 0.29) is 28.9 Å². The van der Waals surface area contributed by atoms with Crippen LogP contribution in [-0.2, 0) is 21.3 Å². The molecule has 0 aliphatic carbocycles. The average Bonchev–Trinajstić information content (AvgIpc) is 3.22. The molecule has 4 rings (SSSR count). The van der Waals surface area contributed by atoms with Gasteiger partial charge in [0, 0.05) is 36.9 Å². The molecule has 8 heteroatoms. The van der Waals surface area contributed by atoms with E-state index in [0.717, 1.165) is 22.4 Å². The number of piperazine rings is 1. The Morgan fingerprint density at radius 2 is 1.73 bits per heavy atom. The van der Waals surface area contributed by atoms with Crippen molar-refractivity contribution < 1.29 is 17.6 Å². The summed E-state index contributed by atoms with van der Waals surface area (Å²) in [5.41, 5.74) is 3.97. The van der Waals surface area contributed by atoms with Gasteiger partial charge in [-0.05, 0) is 49.2 Å². The average molecular weight is 487 g/mol. The Morgan fingerprint density at radius 3 is 2.45 bits per heavy atom. The maximum atomic E-state index is 12.9. The van der Waals surface area contributed by atoms with Crippen molar-refractivity contribution in [3.63, 3.8) is 0 Å². The molecule has 0 unspecified atom stereocenters. The van der Waals surface area contributed by atoms with Crippen molar-refractivity contribution in [2.75, 3.05) is 31.1 Å². The Balaban J connectivity index is 1.37. The third kappa shape index (κ3) is 5.78. The third-order valence-electron chi connectivity index (χ3n) is 5.78. The second kappa shape index (κ2) is 9.61. The predicted molar refractivity (Wildman–Crippen MR) is 131 cm³/mol. The molecule has 1 saturated heterocycles. The number of furan rings is 1. The second-order valence-corrected chi connectivity index (χ2v) is 11.0. The van der Waals surface area contributed by atoms with Gasteiger partial charge >= 0.3 is 0 Å². The zero-order valence-corrected chi connectivity index (χ0v) is 20.3. The van der Waals surface area contributed by atoms with Crippen LogP contribution in [0.4, 0.5) is 5.69 Å². The lowest BCUT2D eigenvalue weighted by molar-refractivity contribution is 0.0713. The summed E-state index contributed by atoms with van der Waals surface area (Å²) in [5.74, 6) is -0.0818. The van der Waals surface area contributed by atoms with Crippen LogP contribution in [0.15, 0.2) is 59.0 Å². The van der Waals surface area contributed by atoms with Crippen molar-refractivity contribution in [1.29, 1.82) is 0 Å². The lowest BCUT2D eigenvalue weighted by Crippen LogP contribution is -2.48. The topological polar surface area (TPSA) is 70.8 Å². The highest BCUT2D eigenvalue weighted by Gasteiger charge is 2.26. The van der Waals surface area contributed by atoms with Gasteiger partial charge in [0.1, 0.15) is 11.5 Å². The normalized spacial score (nSPS) is 14.5. The predicted octanol–water partition coefficient (Wildman–Crippen LogP) is 4.63. The Bertz CT molecular complexity index is 1260. The van der Waals surface area contributed by atoms with Gasteiger partial charge in [0.15, 0.2) is 15.6 Å². The zero-order chi connectivity index (χ0) is 23.6. The number of nitrogens with zero attached hydrogens (tertiary/aromatic N) is 2. The minimum atomic E-state index is -3.42. The lowest BCUT2D eigenvalue weighted by Gasteiger charge is -2.36. The first kappa shape index (κ1) is 23.4. The molecular weight excluding hydrogens is 460 g/mol. The van der Waals surface area contributed by atoms with Crippen molar-refractivity contribution in [2.24, 2.45) is 0 Å². The lowest BCUT2D eigenvalue weighted by atomic mass is 10.1. The number of amides is 1. The van der Waals surface area contributed by atoms with Gasteiger partial charge in [-0.15, -0.1) is 0 Å². The Morgan fingerprint density at radius 1 is 0.970 bits per heavy atom. The fourth-order valence-corrected chi connectivity index (χ4v) is 5.67. The Labute approximate surface area is 199 Å². The van der Waals surface area contributed by atoms with Crippen molar-refractivity contribution in [1.82, 2.24) is 4.90 Å². The van der Waals surface area contributed by atoms with Crippen LogP contribution < -0.4 is 4.90 Å². The van der Waals surface area contributed by atoms with Crippen molar-refractivity contribution in [2.45, 2.75) is 25.4 Å². The molecule has 174 valence electrons. The van der Waals surface area contributed by atoms with Crippen LogP contribution in [0.5, 0.6) is 0 Å². The van der Waals surface area contributed by atoms with Gasteiger partial charge in [-0.1, -0.05) is 47.5 Å². The first-order chi connectivity index (χ1) is 15.7. The highest BCUT2D eigenvalue weighted by atomic mass is 35.5. The van der Waals surface area contributed by atoms with Gasteiger partial charge in [-0.2, -0.15) is 0 Å². The number of anilines is 1. The fourth-order valence-electron chi connectivity index (χ4n) is 4.12. The van der Waals surface area contributed by atoms with Gasteiger partial charge in [-0.3, -0.25) is 4.79 Å². The van der Waals surface area contributed by atoms with E-state index < -0.39 is 9.84 Å². The van der Waals surface area contributed by atoms with Gasteiger partial charge in [0.25, 0.3) is 5.91 Å². The molecule has 1 fully saturated rings. The molecule has 3 aromatic rings. The largest absolute Gasteiger partial charge is 0.455 e. The number of hydrogen-bond donors (Lipinski definition) is 0. The Kier molecular flexibility index (Phi) is 6.81. The molecule has 1 amide bonds. The summed E-state index contributed by atoms with van der Waals surface area (Å²) in [6, 6.07) is 16.4. The highest BCUT2D eigenvalue weighted by molar-refractivity contribution is 7.89. The number of carbonyl (C=O) groups excluding carboxylic acids is 1. The van der Waals surface area contributed by atoms with E-state index in [4.69, 9.17) is 16.0 Å². The summed E-state index contributed by atoms with van der Waals surface area (Å²) in [6.07, 6.45) is 0. The molecule has 0 saturated carbocycles. The van der Waals surface area contributed by atoms with Crippen molar-refractivity contribution in [3.05, 3.63) is 87.8 Å². The summed E-state index contributed by atoms with van der Waals surface area (Å²) < 4.78 is 30.9. The van der Waals surface area contributed by atoms with E-state index in [1.165, 1.54) is 0 Å². The summed E-state index contributed by atoms with van der Waals surface area (Å²) >= 11 is 6.15. The van der Waals surface area contributed by atoms with Crippen molar-refractivity contribution in [3.8, 4) is 0 Å². The first-order valence-electron chi connectivity index (χ1n) is 10.9. The van der Waals surface area contributed by atoms with E-state index in [1.807, 2.05) is 50.2 Å². The van der Waals surface area contributed by atoms with Gasteiger partial charge in [0.05, 0.1) is 5.75 Å². The molecule has 0 spiro atoms. The second-order valence-electron chi connectivity index (χ2n) is 8.50. The monoisotopic (exact) mass is 486 g/mol. The molecule has 0 bridgehead atoms. The van der Waals surface area contributed by atoms with Crippen LogP contribution >= 0.6 is 11.6 Å². The van der Waals surface area contributed by atoms with Gasteiger partial charge in [-0.25, -0.2) is 8.42 Å². The fraction of sp³-hybridized carbons (Fsp3) is 0.320. The molecular formula is C25H27ClN2O4S. The van der Waals surface area contributed by atoms with Crippen LogP contribution in [0, 0.1) is 13.8 Å². The van der Waals surface area contributed by atoms with Crippen LogP contribution in [0.2, 0.25) is 5.02 Å². The molecule has 0 N–H and O–H groups in total. The number of rotatable bonds is 6. The van der Waals surface area contributed by atoms with E-state index in [1.54, 1.807) is 23.1 Å². The molecule has 1 aliphatic rings. The number of aryl methyl sites for hydroxylation is 2. The highest BCUT2D eigenvalue weighted by Crippen LogP contribution is 2.26. The van der Waals surface area contributed by atoms with E-state index >= 15 is 0 Å². The number of benzene rings is 2. The molecule has 2 aromatic carbocycles. The summed E-state index contributed by atoms with van der Waals surface area (Å²) in [5, 5.41) is 0.689. The summed E-state index contributed by atoms with van der Waals surface area (Å²) in [7, 11) is -3.42. The van der Waals surface area contributed by atoms with Crippen LogP contribution in [0.3, 0.4) is 0 Å². The molecule has 33 heavy (non-hydrogen) atoms. The van der Waals surface area contributed by atoms with Crippen LogP contribution in [0.1, 0.15) is 33.0 Å². The quantitative estimate of drug-likeness (QED) is 0.508. The van der Waals surface area contributed by atoms with E-state index in [9.17, 15) is 13.2 Å². The minimum Gasteiger partial charge on any atom is -0.455 e. The van der Waals surface area contributed by atoms with Crippen LogP contribution in [0.25, 0.3) is 0 Å². The summed E-state index contributed by atoms with van der Waals surface area (Å²) in [6.45, 7) is 6.44. The number of hydrogen-bond acceptors (Lipinski definition) is 5. The molecule has 2 heterocycles. The SMILES string of the molecule is Cc1cccc(CS(=O)(=O)Cc2ccc(C(=O)N3CCN(c4cc(Cl)ccc4C)CC3)o2)c1. The first-order valence-corrected chi connectivity index (χ1v) is 13.1. The van der Waals surface area contributed by atoms with Crippen molar-refractivity contribution >= 4 is 33.0 Å². The number of sulfone groups is 1. The number of carbonyl (C=O) groups is 1. The molecule has 0 radical (unpaired) electrons. The summed E-state index contributed by atoms with van der Waals surface area (Å²) in [4.78, 5) is 16.9.